The van der Waals surface area contributed by atoms with Crippen LogP contribution in [-0.4, -0.2) is 5.11 Å². The zero-order chi connectivity index (χ0) is 11.8. The van der Waals surface area contributed by atoms with E-state index in [1.165, 1.54) is 0 Å². The Hall–Kier alpha value is -1.94. The Labute approximate surface area is 95.7 Å². The molecule has 0 aliphatic heterocycles. The van der Waals surface area contributed by atoms with Crippen molar-refractivity contribution in [3.05, 3.63) is 42.0 Å². The van der Waals surface area contributed by atoms with Gasteiger partial charge in [0.1, 0.15) is 5.75 Å². The molecule has 1 N–H and O–H groups in total. The summed E-state index contributed by atoms with van der Waals surface area (Å²) in [6.07, 6.45) is 5.55. The smallest absolute Gasteiger partial charge is 0.116 e. The monoisotopic (exact) mass is 210 g/mol. The fourth-order valence-corrected chi connectivity index (χ4v) is 1.89. The Kier molecular flexibility index (Phi) is 2.36. The van der Waals surface area contributed by atoms with E-state index in [0.29, 0.717) is 0 Å². The largest absolute Gasteiger partial charge is 0.508 e. The van der Waals surface area contributed by atoms with Gasteiger partial charge in [0, 0.05) is 0 Å². The molecule has 2 rings (SSSR count). The summed E-state index contributed by atoms with van der Waals surface area (Å²) in [5.41, 5.74) is 0.615. The lowest BCUT2D eigenvalue weighted by molar-refractivity contribution is 0.474. The maximum Gasteiger partial charge on any atom is 0.116 e. The van der Waals surface area contributed by atoms with Gasteiger partial charge in [0.05, 0.1) is 5.41 Å². The number of hydrogen-bond donors (Lipinski definition) is 1. The van der Waals surface area contributed by atoms with Crippen LogP contribution in [0, 0.1) is 12.3 Å². The normalized spacial score (nSPS) is 11.3. The molecule has 0 spiro atoms. The van der Waals surface area contributed by atoms with E-state index in [1.54, 1.807) is 12.1 Å². The SMILES string of the molecule is C#CC(C)(C)c1cc(O)cc2ccccc12. The number of phenolic OH excluding ortho intramolecular Hbond substituents is 1. The molecule has 1 nitrogen and oxygen atoms in total. The van der Waals surface area contributed by atoms with Gasteiger partial charge in [-0.2, -0.15) is 0 Å². The van der Waals surface area contributed by atoms with Crippen LogP contribution in [0.5, 0.6) is 5.75 Å². The highest BCUT2D eigenvalue weighted by Gasteiger charge is 2.20. The van der Waals surface area contributed by atoms with Crippen molar-refractivity contribution >= 4 is 10.8 Å². The average Bonchev–Trinajstić information content (AvgIpc) is 2.28. The van der Waals surface area contributed by atoms with Crippen LogP contribution < -0.4 is 0 Å². The fourth-order valence-electron chi connectivity index (χ4n) is 1.89. The molecule has 0 heterocycles. The number of rotatable bonds is 1. The molecular weight excluding hydrogens is 196 g/mol. The van der Waals surface area contributed by atoms with E-state index in [9.17, 15) is 5.11 Å². The van der Waals surface area contributed by atoms with Crippen LogP contribution in [0.2, 0.25) is 0 Å². The minimum Gasteiger partial charge on any atom is -0.508 e. The lowest BCUT2D eigenvalue weighted by atomic mass is 9.82. The Bertz CT molecular complexity index is 573. The Morgan fingerprint density at radius 2 is 1.88 bits per heavy atom. The summed E-state index contributed by atoms with van der Waals surface area (Å²) in [6, 6.07) is 11.5. The summed E-state index contributed by atoms with van der Waals surface area (Å²) >= 11 is 0. The van der Waals surface area contributed by atoms with Crippen LogP contribution in [0.15, 0.2) is 36.4 Å². The average molecular weight is 210 g/mol. The van der Waals surface area contributed by atoms with Gasteiger partial charge in [0.25, 0.3) is 0 Å². The molecule has 16 heavy (non-hydrogen) atoms. The summed E-state index contributed by atoms with van der Waals surface area (Å²) < 4.78 is 0. The van der Waals surface area contributed by atoms with Crippen LogP contribution in [0.25, 0.3) is 10.8 Å². The molecular formula is C15H14O. The van der Waals surface area contributed by atoms with Crippen molar-refractivity contribution in [1.82, 2.24) is 0 Å². The molecule has 0 saturated carbocycles. The molecule has 2 aromatic carbocycles. The van der Waals surface area contributed by atoms with Gasteiger partial charge in [0.15, 0.2) is 0 Å². The first-order chi connectivity index (χ1) is 7.54. The lowest BCUT2D eigenvalue weighted by Crippen LogP contribution is -2.14. The molecule has 0 aliphatic rings. The van der Waals surface area contributed by atoms with E-state index < -0.39 is 0 Å². The molecule has 1 heteroatoms. The van der Waals surface area contributed by atoms with Crippen molar-refractivity contribution in [2.45, 2.75) is 19.3 Å². The van der Waals surface area contributed by atoms with Crippen LogP contribution >= 0.6 is 0 Å². The molecule has 0 bridgehead atoms. The second kappa shape index (κ2) is 3.57. The first-order valence-electron chi connectivity index (χ1n) is 5.24. The molecule has 0 radical (unpaired) electrons. The molecule has 80 valence electrons. The third-order valence-corrected chi connectivity index (χ3v) is 2.88. The number of phenols is 1. The second-order valence-electron chi connectivity index (χ2n) is 4.48. The highest BCUT2D eigenvalue weighted by Crippen LogP contribution is 2.33. The minimum absolute atomic E-state index is 0.261. The number of aromatic hydroxyl groups is 1. The molecule has 0 fully saturated rings. The molecule has 0 amide bonds. The molecule has 0 unspecified atom stereocenters. The van der Waals surface area contributed by atoms with E-state index >= 15 is 0 Å². The predicted octanol–water partition coefficient (Wildman–Crippen LogP) is 3.46. The molecule has 2 aromatic rings. The Morgan fingerprint density at radius 1 is 1.19 bits per heavy atom. The van der Waals surface area contributed by atoms with Crippen molar-refractivity contribution in [3.8, 4) is 18.1 Å². The van der Waals surface area contributed by atoms with Crippen molar-refractivity contribution < 1.29 is 5.11 Å². The molecule has 0 aliphatic carbocycles. The van der Waals surface area contributed by atoms with Crippen molar-refractivity contribution in [2.75, 3.05) is 0 Å². The van der Waals surface area contributed by atoms with Crippen molar-refractivity contribution in [1.29, 1.82) is 0 Å². The van der Waals surface area contributed by atoms with Gasteiger partial charge in [0.2, 0.25) is 0 Å². The van der Waals surface area contributed by atoms with Gasteiger partial charge < -0.3 is 5.11 Å². The van der Waals surface area contributed by atoms with Crippen LogP contribution in [0.3, 0.4) is 0 Å². The van der Waals surface area contributed by atoms with E-state index in [-0.39, 0.29) is 11.2 Å². The number of hydrogen-bond acceptors (Lipinski definition) is 1. The minimum atomic E-state index is -0.377. The topological polar surface area (TPSA) is 20.2 Å². The van der Waals surface area contributed by atoms with Gasteiger partial charge >= 0.3 is 0 Å². The zero-order valence-electron chi connectivity index (χ0n) is 9.49. The van der Waals surface area contributed by atoms with Crippen LogP contribution in [-0.2, 0) is 5.41 Å². The van der Waals surface area contributed by atoms with Gasteiger partial charge in [-0.05, 0) is 42.3 Å². The van der Waals surface area contributed by atoms with Gasteiger partial charge in [-0.25, -0.2) is 0 Å². The van der Waals surface area contributed by atoms with Gasteiger partial charge in [-0.15, -0.1) is 6.42 Å². The first kappa shape index (κ1) is 10.6. The maximum atomic E-state index is 9.70. The lowest BCUT2D eigenvalue weighted by Gasteiger charge is -2.20. The maximum absolute atomic E-state index is 9.70. The molecule has 0 saturated heterocycles. The standard InChI is InChI=1S/C15H14O/c1-4-15(2,3)14-10-12(16)9-11-7-5-6-8-13(11)14/h1,5-10,16H,2-3H3. The first-order valence-corrected chi connectivity index (χ1v) is 5.24. The summed E-state index contributed by atoms with van der Waals surface area (Å²) in [4.78, 5) is 0. The van der Waals surface area contributed by atoms with E-state index in [1.807, 2.05) is 38.1 Å². The highest BCUT2D eigenvalue weighted by molar-refractivity contribution is 5.88. The summed E-state index contributed by atoms with van der Waals surface area (Å²) in [5.74, 6) is 3.03. The Morgan fingerprint density at radius 3 is 2.56 bits per heavy atom. The van der Waals surface area contributed by atoms with Crippen LogP contribution in [0.1, 0.15) is 19.4 Å². The fraction of sp³-hybridized carbons (Fsp3) is 0.200. The zero-order valence-corrected chi connectivity index (χ0v) is 9.49. The number of fused-ring (bicyclic) bond motifs is 1. The van der Waals surface area contributed by atoms with Crippen LogP contribution in [0.4, 0.5) is 0 Å². The summed E-state index contributed by atoms with van der Waals surface area (Å²) in [5, 5.41) is 11.8. The number of terminal acetylenes is 1. The van der Waals surface area contributed by atoms with Crippen molar-refractivity contribution in [3.63, 3.8) is 0 Å². The second-order valence-corrected chi connectivity index (χ2v) is 4.48. The highest BCUT2D eigenvalue weighted by atomic mass is 16.3. The van der Waals surface area contributed by atoms with Crippen molar-refractivity contribution in [2.24, 2.45) is 0 Å². The predicted molar refractivity (Wildman–Crippen MR) is 67.5 cm³/mol. The third kappa shape index (κ3) is 1.63. The molecule has 0 aromatic heterocycles. The quantitative estimate of drug-likeness (QED) is 0.715. The van der Waals surface area contributed by atoms with E-state index in [2.05, 4.69) is 5.92 Å². The summed E-state index contributed by atoms with van der Waals surface area (Å²) in [6.45, 7) is 3.96. The Balaban J connectivity index is 2.84. The van der Waals surface area contributed by atoms with Gasteiger partial charge in [-0.3, -0.25) is 0 Å². The van der Waals surface area contributed by atoms with Gasteiger partial charge in [-0.1, -0.05) is 30.2 Å². The van der Waals surface area contributed by atoms with E-state index in [4.69, 9.17) is 6.42 Å². The molecule has 0 atom stereocenters. The number of benzene rings is 2. The summed E-state index contributed by atoms with van der Waals surface area (Å²) in [7, 11) is 0. The van der Waals surface area contributed by atoms with E-state index in [0.717, 1.165) is 16.3 Å². The third-order valence-electron chi connectivity index (χ3n) is 2.88.